The third-order valence-electron chi connectivity index (χ3n) is 4.49. The number of anilines is 1. The molecular weight excluding hydrogens is 366 g/mol. The minimum Gasteiger partial charge on any atom is -0.472 e. The average molecular weight is 385 g/mol. The van der Waals surface area contributed by atoms with Gasteiger partial charge in [-0.2, -0.15) is 0 Å². The van der Waals surface area contributed by atoms with E-state index in [0.717, 1.165) is 5.56 Å². The molecule has 144 valence electrons. The van der Waals surface area contributed by atoms with Crippen molar-refractivity contribution in [1.29, 1.82) is 0 Å². The van der Waals surface area contributed by atoms with Crippen LogP contribution < -0.4 is 10.6 Å². The number of carbonyl (C=O) groups excluding carboxylic acids is 2. The molecule has 1 aliphatic heterocycles. The molecule has 2 amide bonds. The Morgan fingerprint density at radius 2 is 1.41 bits per heavy atom. The van der Waals surface area contributed by atoms with Crippen LogP contribution >= 0.6 is 0 Å². The fourth-order valence-corrected chi connectivity index (χ4v) is 2.98. The zero-order chi connectivity index (χ0) is 20.1. The number of nitrogens with zero attached hydrogens (tertiary/aromatic N) is 1. The van der Waals surface area contributed by atoms with Crippen molar-refractivity contribution in [3.63, 3.8) is 0 Å². The van der Waals surface area contributed by atoms with Gasteiger partial charge >= 0.3 is 0 Å². The van der Waals surface area contributed by atoms with Gasteiger partial charge in [0.25, 0.3) is 11.8 Å². The van der Waals surface area contributed by atoms with Crippen LogP contribution in [-0.2, 0) is 9.53 Å². The van der Waals surface area contributed by atoms with Crippen molar-refractivity contribution in [2.75, 3.05) is 11.9 Å². The summed E-state index contributed by atoms with van der Waals surface area (Å²) in [7, 11) is 0. The van der Waals surface area contributed by atoms with Crippen molar-refractivity contribution in [2.24, 2.45) is 4.99 Å². The normalized spacial score (nSPS) is 17.7. The molecule has 4 rings (SSSR count). The maximum absolute atomic E-state index is 13.2. The summed E-state index contributed by atoms with van der Waals surface area (Å²) < 4.78 is 5.73. The molecule has 0 saturated heterocycles. The summed E-state index contributed by atoms with van der Waals surface area (Å²) >= 11 is 0. The van der Waals surface area contributed by atoms with Crippen LogP contribution in [0.4, 0.5) is 5.69 Å². The quantitative estimate of drug-likeness (QED) is 0.708. The van der Waals surface area contributed by atoms with E-state index in [-0.39, 0.29) is 6.61 Å². The molecule has 0 aliphatic carbocycles. The Balaban J connectivity index is 1.66. The van der Waals surface area contributed by atoms with Crippen molar-refractivity contribution in [1.82, 2.24) is 5.32 Å². The molecule has 0 aromatic heterocycles. The van der Waals surface area contributed by atoms with E-state index < -0.39 is 17.5 Å². The van der Waals surface area contributed by atoms with Crippen LogP contribution in [0.1, 0.15) is 15.9 Å². The highest BCUT2D eigenvalue weighted by Gasteiger charge is 2.46. The summed E-state index contributed by atoms with van der Waals surface area (Å²) in [6, 6.07) is 27.0. The lowest BCUT2D eigenvalue weighted by Crippen LogP contribution is -2.56. The second kappa shape index (κ2) is 7.98. The first-order valence-corrected chi connectivity index (χ1v) is 9.18. The molecule has 1 unspecified atom stereocenters. The van der Waals surface area contributed by atoms with Gasteiger partial charge in [0, 0.05) is 16.8 Å². The Hall–Kier alpha value is -3.93. The minimum absolute atomic E-state index is 0.103. The second-order valence-electron chi connectivity index (χ2n) is 6.57. The summed E-state index contributed by atoms with van der Waals surface area (Å²) in [5.74, 6) is -0.573. The van der Waals surface area contributed by atoms with Gasteiger partial charge in [-0.15, -0.1) is 0 Å². The third-order valence-corrected chi connectivity index (χ3v) is 4.49. The van der Waals surface area contributed by atoms with Gasteiger partial charge in [0.05, 0.1) is 0 Å². The molecule has 6 heteroatoms. The van der Waals surface area contributed by atoms with Gasteiger partial charge in [-0.1, -0.05) is 54.6 Å². The van der Waals surface area contributed by atoms with Gasteiger partial charge < -0.3 is 15.4 Å². The predicted molar refractivity (Wildman–Crippen MR) is 111 cm³/mol. The highest BCUT2D eigenvalue weighted by Crippen LogP contribution is 2.23. The third kappa shape index (κ3) is 4.01. The number of hydrogen-bond acceptors (Lipinski definition) is 4. The highest BCUT2D eigenvalue weighted by atomic mass is 16.5. The van der Waals surface area contributed by atoms with E-state index in [0.29, 0.717) is 17.1 Å². The van der Waals surface area contributed by atoms with Crippen molar-refractivity contribution in [2.45, 2.75) is 5.66 Å². The summed E-state index contributed by atoms with van der Waals surface area (Å²) in [6.45, 7) is -0.103. The molecule has 1 atom stereocenters. The van der Waals surface area contributed by atoms with Crippen LogP contribution in [0.5, 0.6) is 0 Å². The number of aliphatic imine (C=N–C) groups is 1. The van der Waals surface area contributed by atoms with Crippen molar-refractivity contribution in [3.8, 4) is 0 Å². The van der Waals surface area contributed by atoms with Gasteiger partial charge in [-0.25, -0.2) is 4.99 Å². The van der Waals surface area contributed by atoms with Gasteiger partial charge in [-0.05, 0) is 36.4 Å². The zero-order valence-corrected chi connectivity index (χ0v) is 15.5. The molecule has 3 aromatic carbocycles. The fraction of sp³-hybridized carbons (Fsp3) is 0.0870. The standard InChI is InChI=1S/C23H19N3O3/c27-20(17-10-4-1-5-11-17)25-23(22(28)24-19-14-8-3-9-15-19)16-29-21(26-23)18-12-6-2-7-13-18/h1-15H,16H2,(H,24,28)(H,25,27). The first-order valence-electron chi connectivity index (χ1n) is 9.18. The lowest BCUT2D eigenvalue weighted by molar-refractivity contribution is -0.122. The Bertz CT molecular complexity index is 1040. The zero-order valence-electron chi connectivity index (χ0n) is 15.5. The lowest BCUT2D eigenvalue weighted by atomic mass is 10.1. The minimum atomic E-state index is -1.58. The number of ether oxygens (including phenoxy) is 1. The molecule has 0 bridgehead atoms. The van der Waals surface area contributed by atoms with E-state index in [1.165, 1.54) is 0 Å². The molecule has 1 aliphatic rings. The SMILES string of the molecule is O=C(NC1(C(=O)Nc2ccccc2)COC(c2ccccc2)=N1)c1ccccc1. The van der Waals surface area contributed by atoms with Crippen LogP contribution in [0, 0.1) is 0 Å². The van der Waals surface area contributed by atoms with E-state index in [9.17, 15) is 9.59 Å². The Kier molecular flexibility index (Phi) is 5.07. The maximum Gasteiger partial charge on any atom is 0.276 e. The smallest absolute Gasteiger partial charge is 0.276 e. The second-order valence-corrected chi connectivity index (χ2v) is 6.57. The Labute approximate surface area is 168 Å². The summed E-state index contributed by atoms with van der Waals surface area (Å²) in [6.07, 6.45) is 0. The average Bonchev–Trinajstić information content (AvgIpc) is 3.21. The van der Waals surface area contributed by atoms with Crippen LogP contribution in [0.2, 0.25) is 0 Å². The van der Waals surface area contributed by atoms with E-state index in [2.05, 4.69) is 15.6 Å². The van der Waals surface area contributed by atoms with Crippen LogP contribution in [0.15, 0.2) is 96.0 Å². The van der Waals surface area contributed by atoms with E-state index in [1.807, 2.05) is 54.6 Å². The maximum atomic E-state index is 13.2. The van der Waals surface area contributed by atoms with Crippen molar-refractivity contribution < 1.29 is 14.3 Å². The fourth-order valence-electron chi connectivity index (χ4n) is 2.98. The highest BCUT2D eigenvalue weighted by molar-refractivity contribution is 6.07. The summed E-state index contributed by atoms with van der Waals surface area (Å²) in [5, 5.41) is 5.58. The van der Waals surface area contributed by atoms with Gasteiger partial charge in [-0.3, -0.25) is 9.59 Å². The number of rotatable bonds is 5. The van der Waals surface area contributed by atoms with Crippen LogP contribution in [0.3, 0.4) is 0 Å². The molecule has 2 N–H and O–H groups in total. The van der Waals surface area contributed by atoms with Crippen molar-refractivity contribution >= 4 is 23.4 Å². The van der Waals surface area contributed by atoms with Gasteiger partial charge in [0.2, 0.25) is 11.6 Å². The number of benzene rings is 3. The molecule has 6 nitrogen and oxygen atoms in total. The van der Waals surface area contributed by atoms with Gasteiger partial charge in [0.1, 0.15) is 6.61 Å². The monoisotopic (exact) mass is 385 g/mol. The summed E-state index contributed by atoms with van der Waals surface area (Å²) in [5.41, 5.74) is 0.196. The molecule has 29 heavy (non-hydrogen) atoms. The molecule has 0 fully saturated rings. The summed E-state index contributed by atoms with van der Waals surface area (Å²) in [4.78, 5) is 30.5. The number of nitrogens with one attached hydrogen (secondary N) is 2. The first-order chi connectivity index (χ1) is 14.2. The Morgan fingerprint density at radius 1 is 0.828 bits per heavy atom. The van der Waals surface area contributed by atoms with E-state index >= 15 is 0 Å². The Morgan fingerprint density at radius 3 is 2.07 bits per heavy atom. The molecule has 1 heterocycles. The van der Waals surface area contributed by atoms with E-state index in [1.54, 1.807) is 36.4 Å². The molecule has 0 saturated carbocycles. The first kappa shape index (κ1) is 18.4. The molecular formula is C23H19N3O3. The van der Waals surface area contributed by atoms with Crippen LogP contribution in [0.25, 0.3) is 0 Å². The van der Waals surface area contributed by atoms with Crippen molar-refractivity contribution in [3.05, 3.63) is 102 Å². The number of carbonyl (C=O) groups is 2. The number of amides is 2. The molecule has 3 aromatic rings. The predicted octanol–water partition coefficient (Wildman–Crippen LogP) is 3.23. The van der Waals surface area contributed by atoms with Crippen LogP contribution in [-0.4, -0.2) is 30.0 Å². The lowest BCUT2D eigenvalue weighted by Gasteiger charge is -2.24. The topological polar surface area (TPSA) is 79.8 Å². The largest absolute Gasteiger partial charge is 0.472 e. The molecule has 0 spiro atoms. The van der Waals surface area contributed by atoms with E-state index in [4.69, 9.17) is 4.74 Å². The molecule has 0 radical (unpaired) electrons. The number of hydrogen-bond donors (Lipinski definition) is 2. The van der Waals surface area contributed by atoms with Gasteiger partial charge in [0.15, 0.2) is 0 Å². The number of para-hydroxylation sites is 1.